The maximum Gasteiger partial charge on any atom is 0.0543 e. The van der Waals surface area contributed by atoms with Crippen LogP contribution in [0.5, 0.6) is 0 Å². The molecular formula is C15H26N4. The Morgan fingerprint density at radius 1 is 1.26 bits per heavy atom. The molecule has 0 bridgehead atoms. The zero-order chi connectivity index (χ0) is 13.3. The molecule has 2 heterocycles. The zero-order valence-corrected chi connectivity index (χ0v) is 12.0. The second-order valence-electron chi connectivity index (χ2n) is 5.36. The van der Waals surface area contributed by atoms with E-state index in [9.17, 15) is 0 Å². The highest BCUT2D eigenvalue weighted by atomic mass is 15.2. The summed E-state index contributed by atoms with van der Waals surface area (Å²) >= 11 is 0. The maximum absolute atomic E-state index is 4.36. The van der Waals surface area contributed by atoms with Gasteiger partial charge in [-0.05, 0) is 45.1 Å². The van der Waals surface area contributed by atoms with Crippen LogP contribution < -0.4 is 5.32 Å². The van der Waals surface area contributed by atoms with Crippen LogP contribution >= 0.6 is 0 Å². The third kappa shape index (κ3) is 5.68. The Morgan fingerprint density at radius 2 is 2.11 bits per heavy atom. The van der Waals surface area contributed by atoms with E-state index >= 15 is 0 Å². The lowest BCUT2D eigenvalue weighted by atomic mass is 10.2. The number of pyridine rings is 1. The van der Waals surface area contributed by atoms with Gasteiger partial charge in [-0.15, -0.1) is 0 Å². The highest BCUT2D eigenvalue weighted by molar-refractivity contribution is 5.02. The van der Waals surface area contributed by atoms with Crippen molar-refractivity contribution >= 4 is 0 Å². The number of nitrogens with one attached hydrogen (secondary N) is 1. The second kappa shape index (κ2) is 8.25. The highest BCUT2D eigenvalue weighted by Gasteiger charge is 2.08. The number of nitrogens with zero attached hydrogens (tertiary/aromatic N) is 3. The van der Waals surface area contributed by atoms with E-state index in [0.717, 1.165) is 31.9 Å². The normalized spacial score (nSPS) is 16.9. The van der Waals surface area contributed by atoms with Crippen LogP contribution in [0.1, 0.15) is 18.5 Å². The fourth-order valence-corrected chi connectivity index (χ4v) is 2.50. The SMILES string of the molecule is CN(CCCCN1CCNCC1)Cc1ccccn1. The summed E-state index contributed by atoms with van der Waals surface area (Å²) in [7, 11) is 2.18. The molecule has 1 aromatic heterocycles. The fraction of sp³-hybridized carbons (Fsp3) is 0.667. The van der Waals surface area contributed by atoms with Crippen LogP contribution in [0.3, 0.4) is 0 Å². The number of rotatable bonds is 7. The van der Waals surface area contributed by atoms with Gasteiger partial charge in [0.1, 0.15) is 0 Å². The molecule has 0 aromatic carbocycles. The van der Waals surface area contributed by atoms with Gasteiger partial charge < -0.3 is 15.1 Å². The van der Waals surface area contributed by atoms with Crippen LogP contribution in [0.15, 0.2) is 24.4 Å². The van der Waals surface area contributed by atoms with Crippen molar-refractivity contribution in [2.24, 2.45) is 0 Å². The van der Waals surface area contributed by atoms with Gasteiger partial charge in [0.15, 0.2) is 0 Å². The number of hydrogen-bond acceptors (Lipinski definition) is 4. The summed E-state index contributed by atoms with van der Waals surface area (Å²) in [4.78, 5) is 9.29. The van der Waals surface area contributed by atoms with E-state index in [2.05, 4.69) is 39.3 Å². The molecule has 1 aromatic rings. The van der Waals surface area contributed by atoms with Crippen LogP contribution in [-0.4, -0.2) is 61.1 Å². The molecule has 4 nitrogen and oxygen atoms in total. The third-order valence-corrected chi connectivity index (χ3v) is 3.63. The minimum Gasteiger partial charge on any atom is -0.314 e. The topological polar surface area (TPSA) is 31.4 Å². The zero-order valence-electron chi connectivity index (χ0n) is 12.0. The van der Waals surface area contributed by atoms with Gasteiger partial charge in [-0.1, -0.05) is 6.07 Å². The van der Waals surface area contributed by atoms with Gasteiger partial charge >= 0.3 is 0 Å². The first-order chi connectivity index (χ1) is 9.34. The molecular weight excluding hydrogens is 236 g/mol. The predicted molar refractivity (Wildman–Crippen MR) is 79.1 cm³/mol. The molecule has 1 fully saturated rings. The minimum absolute atomic E-state index is 0.953. The fourth-order valence-electron chi connectivity index (χ4n) is 2.50. The molecule has 19 heavy (non-hydrogen) atoms. The van der Waals surface area contributed by atoms with Crippen molar-refractivity contribution in [1.82, 2.24) is 20.1 Å². The summed E-state index contributed by atoms with van der Waals surface area (Å²) in [5.74, 6) is 0. The Bertz CT molecular complexity index is 335. The molecule has 0 saturated carbocycles. The minimum atomic E-state index is 0.953. The smallest absolute Gasteiger partial charge is 0.0543 e. The molecule has 1 aliphatic heterocycles. The van der Waals surface area contributed by atoms with Crippen LogP contribution in [-0.2, 0) is 6.54 Å². The van der Waals surface area contributed by atoms with E-state index in [1.165, 1.54) is 32.5 Å². The summed E-state index contributed by atoms with van der Waals surface area (Å²) in [5, 5.41) is 3.39. The first kappa shape index (κ1) is 14.4. The number of piperazine rings is 1. The van der Waals surface area contributed by atoms with Gasteiger partial charge in [-0.2, -0.15) is 0 Å². The van der Waals surface area contributed by atoms with Crippen molar-refractivity contribution in [3.8, 4) is 0 Å². The maximum atomic E-state index is 4.36. The van der Waals surface area contributed by atoms with Gasteiger partial charge in [0.2, 0.25) is 0 Å². The van der Waals surface area contributed by atoms with Crippen LogP contribution in [0.4, 0.5) is 0 Å². The molecule has 0 radical (unpaired) electrons. The lowest BCUT2D eigenvalue weighted by Gasteiger charge is -2.27. The van der Waals surface area contributed by atoms with E-state index in [1.54, 1.807) is 0 Å². The Morgan fingerprint density at radius 3 is 2.84 bits per heavy atom. The van der Waals surface area contributed by atoms with Crippen LogP contribution in [0.25, 0.3) is 0 Å². The van der Waals surface area contributed by atoms with Crippen molar-refractivity contribution in [2.45, 2.75) is 19.4 Å². The Kier molecular flexibility index (Phi) is 6.27. The van der Waals surface area contributed by atoms with E-state index < -0.39 is 0 Å². The molecule has 4 heteroatoms. The number of unbranched alkanes of at least 4 members (excludes halogenated alkanes) is 1. The first-order valence-corrected chi connectivity index (χ1v) is 7.36. The second-order valence-corrected chi connectivity index (χ2v) is 5.36. The summed E-state index contributed by atoms with van der Waals surface area (Å²) in [6.07, 6.45) is 4.44. The lowest BCUT2D eigenvalue weighted by molar-refractivity contribution is 0.229. The Labute approximate surface area is 116 Å². The van der Waals surface area contributed by atoms with Gasteiger partial charge in [0.05, 0.1) is 5.69 Å². The summed E-state index contributed by atoms with van der Waals surface area (Å²) in [6, 6.07) is 6.12. The number of hydrogen-bond donors (Lipinski definition) is 1. The van der Waals surface area contributed by atoms with Crippen LogP contribution in [0.2, 0.25) is 0 Å². The van der Waals surface area contributed by atoms with E-state index in [4.69, 9.17) is 0 Å². The molecule has 0 aliphatic carbocycles. The Balaban J connectivity index is 1.55. The third-order valence-electron chi connectivity index (χ3n) is 3.63. The van der Waals surface area contributed by atoms with E-state index in [1.807, 2.05) is 12.3 Å². The molecule has 1 N–H and O–H groups in total. The molecule has 0 spiro atoms. The molecule has 0 amide bonds. The van der Waals surface area contributed by atoms with Crippen molar-refractivity contribution in [1.29, 1.82) is 0 Å². The van der Waals surface area contributed by atoms with Gasteiger partial charge in [0, 0.05) is 38.9 Å². The quantitative estimate of drug-likeness (QED) is 0.748. The molecule has 1 aliphatic rings. The molecule has 2 rings (SSSR count). The highest BCUT2D eigenvalue weighted by Crippen LogP contribution is 2.02. The molecule has 0 atom stereocenters. The predicted octanol–water partition coefficient (Wildman–Crippen LogP) is 1.20. The van der Waals surface area contributed by atoms with Gasteiger partial charge in [-0.3, -0.25) is 4.98 Å². The average molecular weight is 262 g/mol. The van der Waals surface area contributed by atoms with Gasteiger partial charge in [-0.25, -0.2) is 0 Å². The van der Waals surface area contributed by atoms with Gasteiger partial charge in [0.25, 0.3) is 0 Å². The number of aromatic nitrogens is 1. The van der Waals surface area contributed by atoms with E-state index in [0.29, 0.717) is 0 Å². The summed E-state index contributed by atoms with van der Waals surface area (Å²) < 4.78 is 0. The molecule has 0 unspecified atom stereocenters. The summed E-state index contributed by atoms with van der Waals surface area (Å²) in [6.45, 7) is 8.09. The monoisotopic (exact) mass is 262 g/mol. The molecule has 1 saturated heterocycles. The molecule has 106 valence electrons. The van der Waals surface area contributed by atoms with Crippen molar-refractivity contribution in [3.05, 3.63) is 30.1 Å². The Hall–Kier alpha value is -0.970. The van der Waals surface area contributed by atoms with Crippen molar-refractivity contribution in [2.75, 3.05) is 46.3 Å². The lowest BCUT2D eigenvalue weighted by Crippen LogP contribution is -2.43. The van der Waals surface area contributed by atoms with Crippen LogP contribution in [0, 0.1) is 0 Å². The summed E-state index contributed by atoms with van der Waals surface area (Å²) in [5.41, 5.74) is 1.16. The standard InChI is InChI=1S/C15H26N4/c1-18(14-15-6-2-3-7-17-15)10-4-5-11-19-12-8-16-9-13-19/h2-3,6-7,16H,4-5,8-14H2,1H3. The largest absolute Gasteiger partial charge is 0.314 e. The first-order valence-electron chi connectivity index (χ1n) is 7.36. The van der Waals surface area contributed by atoms with Crippen molar-refractivity contribution in [3.63, 3.8) is 0 Å². The van der Waals surface area contributed by atoms with E-state index in [-0.39, 0.29) is 0 Å². The van der Waals surface area contributed by atoms with Crippen molar-refractivity contribution < 1.29 is 0 Å². The average Bonchev–Trinajstić information content (AvgIpc) is 2.46.